The van der Waals surface area contributed by atoms with Crippen LogP contribution in [0.1, 0.15) is 46.5 Å². The molecule has 1 rings (SSSR count). The topological polar surface area (TPSA) is 17.1 Å². The Morgan fingerprint density at radius 2 is 1.91 bits per heavy atom. The molecule has 11 heavy (non-hydrogen) atoms. The third kappa shape index (κ3) is 2.64. The minimum absolute atomic E-state index is 0.187. The smallest absolute Gasteiger partial charge is 0.136 e. The van der Waals surface area contributed by atoms with Crippen LogP contribution in [0, 0.1) is 11.3 Å². The van der Waals surface area contributed by atoms with Crippen molar-refractivity contribution < 1.29 is 4.79 Å². The highest BCUT2D eigenvalue weighted by Gasteiger charge is 2.27. The molecule has 0 heterocycles. The number of carbonyl (C=O) groups excluding carboxylic acids is 1. The molecule has 0 N–H and O–H groups in total. The fraction of sp³-hybridized carbons (Fsp3) is 0.900. The summed E-state index contributed by atoms with van der Waals surface area (Å²) in [6.07, 6.45) is 4.32. The van der Waals surface area contributed by atoms with E-state index in [1.54, 1.807) is 0 Å². The van der Waals surface area contributed by atoms with Gasteiger partial charge in [-0.1, -0.05) is 27.2 Å². The first-order valence-electron chi connectivity index (χ1n) is 4.52. The molecule has 1 nitrogen and oxygen atoms in total. The molecular weight excluding hydrogens is 136 g/mol. The molecule has 1 heteroatoms. The molecule has 0 amide bonds. The summed E-state index contributed by atoms with van der Waals surface area (Å²) in [6.45, 7) is 6.39. The van der Waals surface area contributed by atoms with Gasteiger partial charge in [0.05, 0.1) is 0 Å². The van der Waals surface area contributed by atoms with Crippen molar-refractivity contribution in [1.29, 1.82) is 0 Å². The summed E-state index contributed by atoms with van der Waals surface area (Å²) >= 11 is 0. The molecule has 0 aromatic carbocycles. The second-order valence-electron chi connectivity index (χ2n) is 4.83. The summed E-state index contributed by atoms with van der Waals surface area (Å²) in [6, 6.07) is 0. The van der Waals surface area contributed by atoms with Crippen LogP contribution >= 0.6 is 0 Å². The van der Waals surface area contributed by atoms with Crippen LogP contribution < -0.4 is 0 Å². The maximum atomic E-state index is 11.4. The number of carbonyl (C=O) groups is 1. The van der Waals surface area contributed by atoms with E-state index >= 15 is 0 Å². The normalized spacial score (nSPS) is 19.5. The van der Waals surface area contributed by atoms with E-state index in [1.807, 2.05) is 0 Å². The lowest BCUT2D eigenvalue weighted by Gasteiger charge is -2.27. The highest BCUT2D eigenvalue weighted by Crippen LogP contribution is 2.31. The molecule has 1 aliphatic carbocycles. The van der Waals surface area contributed by atoms with E-state index in [2.05, 4.69) is 20.8 Å². The Morgan fingerprint density at radius 1 is 1.36 bits per heavy atom. The lowest BCUT2D eigenvalue weighted by molar-refractivity contribution is -0.126. The van der Waals surface area contributed by atoms with Gasteiger partial charge in [0, 0.05) is 12.3 Å². The van der Waals surface area contributed by atoms with E-state index in [9.17, 15) is 4.79 Å². The van der Waals surface area contributed by atoms with Crippen LogP contribution in [0.4, 0.5) is 0 Å². The third-order valence-corrected chi connectivity index (χ3v) is 2.27. The average Bonchev–Trinajstić information content (AvgIpc) is 1.50. The number of hydrogen-bond acceptors (Lipinski definition) is 1. The Hall–Kier alpha value is -0.330. The van der Waals surface area contributed by atoms with Gasteiger partial charge in [-0.2, -0.15) is 0 Å². The zero-order valence-electron chi connectivity index (χ0n) is 7.81. The lowest BCUT2D eigenvalue weighted by atomic mass is 9.77. The van der Waals surface area contributed by atoms with E-state index in [4.69, 9.17) is 0 Å². The molecule has 1 aliphatic rings. The summed E-state index contributed by atoms with van der Waals surface area (Å²) in [5.41, 5.74) is 0.187. The van der Waals surface area contributed by atoms with E-state index < -0.39 is 0 Å². The van der Waals surface area contributed by atoms with E-state index in [0.29, 0.717) is 11.7 Å². The molecule has 0 aromatic rings. The molecule has 0 aliphatic heterocycles. The summed E-state index contributed by atoms with van der Waals surface area (Å²) in [5, 5.41) is 0. The minimum atomic E-state index is 0.187. The summed E-state index contributed by atoms with van der Waals surface area (Å²) in [7, 11) is 0. The van der Waals surface area contributed by atoms with Crippen LogP contribution in [0.2, 0.25) is 0 Å². The predicted octanol–water partition coefficient (Wildman–Crippen LogP) is 2.79. The molecule has 0 atom stereocenters. The number of ketones is 1. The molecule has 64 valence electrons. The summed E-state index contributed by atoms with van der Waals surface area (Å²) < 4.78 is 0. The average molecular weight is 154 g/mol. The molecule has 0 radical (unpaired) electrons. The molecule has 0 unspecified atom stereocenters. The SMILES string of the molecule is CC(C)(C)CC(=O)C1CCC1. The van der Waals surface area contributed by atoms with Crippen molar-refractivity contribution in [2.45, 2.75) is 46.5 Å². The monoisotopic (exact) mass is 154 g/mol. The Bertz CT molecular complexity index is 149. The Balaban J connectivity index is 2.31. The molecular formula is C10H18O. The van der Waals surface area contributed by atoms with Crippen molar-refractivity contribution in [2.75, 3.05) is 0 Å². The third-order valence-electron chi connectivity index (χ3n) is 2.27. The fourth-order valence-electron chi connectivity index (χ4n) is 1.40. The van der Waals surface area contributed by atoms with Gasteiger partial charge in [0.2, 0.25) is 0 Å². The van der Waals surface area contributed by atoms with Crippen molar-refractivity contribution in [2.24, 2.45) is 11.3 Å². The van der Waals surface area contributed by atoms with Gasteiger partial charge in [-0.05, 0) is 18.3 Å². The molecule has 1 fully saturated rings. The van der Waals surface area contributed by atoms with Gasteiger partial charge in [0.15, 0.2) is 0 Å². The van der Waals surface area contributed by atoms with Gasteiger partial charge < -0.3 is 0 Å². The van der Waals surface area contributed by atoms with Crippen LogP contribution in [0.15, 0.2) is 0 Å². The standard InChI is InChI=1S/C10H18O/c1-10(2,3)7-9(11)8-5-4-6-8/h8H,4-7H2,1-3H3. The second-order valence-corrected chi connectivity index (χ2v) is 4.83. The van der Waals surface area contributed by atoms with Gasteiger partial charge in [-0.15, -0.1) is 0 Å². The van der Waals surface area contributed by atoms with Crippen LogP contribution in [0.3, 0.4) is 0 Å². The molecule has 0 saturated heterocycles. The Kier molecular flexibility index (Phi) is 2.36. The Labute approximate surface area is 69.2 Å². The summed E-state index contributed by atoms with van der Waals surface area (Å²) in [4.78, 5) is 11.4. The zero-order valence-corrected chi connectivity index (χ0v) is 7.81. The molecule has 0 aromatic heterocycles. The van der Waals surface area contributed by atoms with Crippen molar-refractivity contribution in [1.82, 2.24) is 0 Å². The fourth-order valence-corrected chi connectivity index (χ4v) is 1.40. The van der Waals surface area contributed by atoms with Gasteiger partial charge in [-0.25, -0.2) is 0 Å². The lowest BCUT2D eigenvalue weighted by Crippen LogP contribution is -2.25. The first-order chi connectivity index (χ1) is 4.99. The second kappa shape index (κ2) is 2.96. The zero-order chi connectivity index (χ0) is 8.48. The molecule has 0 spiro atoms. The van der Waals surface area contributed by atoms with E-state index in [-0.39, 0.29) is 5.41 Å². The summed E-state index contributed by atoms with van der Waals surface area (Å²) in [5.74, 6) is 0.915. The van der Waals surface area contributed by atoms with Crippen LogP contribution in [-0.4, -0.2) is 5.78 Å². The van der Waals surface area contributed by atoms with E-state index in [1.165, 1.54) is 6.42 Å². The van der Waals surface area contributed by atoms with Gasteiger partial charge >= 0.3 is 0 Å². The van der Waals surface area contributed by atoms with Crippen LogP contribution in [0.25, 0.3) is 0 Å². The van der Waals surface area contributed by atoms with Crippen LogP contribution in [-0.2, 0) is 4.79 Å². The van der Waals surface area contributed by atoms with Crippen molar-refractivity contribution >= 4 is 5.78 Å². The minimum Gasteiger partial charge on any atom is -0.299 e. The molecule has 0 bridgehead atoms. The van der Waals surface area contributed by atoms with Gasteiger partial charge in [-0.3, -0.25) is 4.79 Å². The number of hydrogen-bond donors (Lipinski definition) is 0. The van der Waals surface area contributed by atoms with E-state index in [0.717, 1.165) is 19.3 Å². The van der Waals surface area contributed by atoms with Crippen molar-refractivity contribution in [3.05, 3.63) is 0 Å². The highest BCUT2D eigenvalue weighted by molar-refractivity contribution is 5.82. The quantitative estimate of drug-likeness (QED) is 0.597. The highest BCUT2D eigenvalue weighted by atomic mass is 16.1. The number of Topliss-reactive ketones (excluding diaryl/α,β-unsaturated/α-hetero) is 1. The van der Waals surface area contributed by atoms with Crippen molar-refractivity contribution in [3.63, 3.8) is 0 Å². The molecule has 1 saturated carbocycles. The number of rotatable bonds is 2. The Morgan fingerprint density at radius 3 is 2.18 bits per heavy atom. The van der Waals surface area contributed by atoms with Crippen LogP contribution in [0.5, 0.6) is 0 Å². The van der Waals surface area contributed by atoms with Crippen molar-refractivity contribution in [3.8, 4) is 0 Å². The van der Waals surface area contributed by atoms with Gasteiger partial charge in [0.25, 0.3) is 0 Å². The maximum Gasteiger partial charge on any atom is 0.136 e. The first-order valence-corrected chi connectivity index (χ1v) is 4.52. The maximum absolute atomic E-state index is 11.4. The largest absolute Gasteiger partial charge is 0.299 e. The first kappa shape index (κ1) is 8.76. The predicted molar refractivity (Wildman–Crippen MR) is 46.4 cm³/mol. The van der Waals surface area contributed by atoms with Gasteiger partial charge in [0.1, 0.15) is 5.78 Å².